The predicted octanol–water partition coefficient (Wildman–Crippen LogP) is 0.762. The zero-order valence-electron chi connectivity index (χ0n) is 8.10. The first kappa shape index (κ1) is 9.79. The fraction of sp³-hybridized carbons (Fsp3) is 0.300. The Balaban J connectivity index is 2.28. The smallest absolute Gasteiger partial charge is 0.406 e. The number of para-hydroxylation sites is 1. The average Bonchev–Trinajstić information content (AvgIpc) is 2.41. The number of amides is 1. The summed E-state index contributed by atoms with van der Waals surface area (Å²) in [5, 5.41) is 3.02. The van der Waals surface area contributed by atoms with Crippen LogP contribution in [0.1, 0.15) is 11.8 Å². The maximum Gasteiger partial charge on any atom is 0.406 e. The van der Waals surface area contributed by atoms with E-state index in [1.54, 1.807) is 0 Å². The second-order valence-electron chi connectivity index (χ2n) is 3.16. The highest BCUT2D eigenvalue weighted by atomic mass is 16.6. The highest BCUT2D eigenvalue weighted by Crippen LogP contribution is 2.27. The molecule has 3 N–H and O–H groups in total. The minimum atomic E-state index is -0.802. The van der Waals surface area contributed by atoms with Crippen molar-refractivity contribution in [1.29, 1.82) is 0 Å². The zero-order valence-corrected chi connectivity index (χ0v) is 8.10. The van der Waals surface area contributed by atoms with Crippen molar-refractivity contribution < 1.29 is 14.3 Å². The molecule has 0 saturated heterocycles. The summed E-state index contributed by atoms with van der Waals surface area (Å²) >= 11 is 0. The van der Waals surface area contributed by atoms with Crippen LogP contribution < -0.4 is 15.8 Å². The van der Waals surface area contributed by atoms with Crippen molar-refractivity contribution in [2.45, 2.75) is 6.23 Å². The van der Waals surface area contributed by atoms with E-state index in [-0.39, 0.29) is 0 Å². The third-order valence-corrected chi connectivity index (χ3v) is 2.12. The highest BCUT2D eigenvalue weighted by molar-refractivity contribution is 5.65. The molecule has 1 aliphatic heterocycles. The number of primary amides is 1. The van der Waals surface area contributed by atoms with Gasteiger partial charge in [0.1, 0.15) is 12.4 Å². The number of fused-ring (bicyclic) bond motifs is 1. The molecule has 0 fully saturated rings. The maximum atomic E-state index is 10.7. The predicted molar refractivity (Wildman–Crippen MR) is 53.3 cm³/mol. The van der Waals surface area contributed by atoms with Crippen molar-refractivity contribution in [2.75, 3.05) is 13.2 Å². The van der Waals surface area contributed by atoms with E-state index in [4.69, 9.17) is 15.2 Å². The van der Waals surface area contributed by atoms with E-state index in [2.05, 4.69) is 5.32 Å². The molecule has 0 saturated carbocycles. The van der Waals surface area contributed by atoms with Crippen molar-refractivity contribution in [3.63, 3.8) is 0 Å². The highest BCUT2D eigenvalue weighted by Gasteiger charge is 2.21. The lowest BCUT2D eigenvalue weighted by Gasteiger charge is -2.16. The first-order chi connectivity index (χ1) is 7.27. The monoisotopic (exact) mass is 208 g/mol. The molecule has 0 aliphatic carbocycles. The van der Waals surface area contributed by atoms with Crippen LogP contribution in [0.2, 0.25) is 0 Å². The van der Waals surface area contributed by atoms with Gasteiger partial charge >= 0.3 is 6.09 Å². The van der Waals surface area contributed by atoms with Crippen molar-refractivity contribution in [2.24, 2.45) is 5.73 Å². The van der Waals surface area contributed by atoms with E-state index in [1.807, 2.05) is 24.3 Å². The number of hydrogen-bond acceptors (Lipinski definition) is 4. The summed E-state index contributed by atoms with van der Waals surface area (Å²) < 4.78 is 10.4. The van der Waals surface area contributed by atoms with Crippen LogP contribution in [0.3, 0.4) is 0 Å². The molecule has 1 aromatic rings. The second-order valence-corrected chi connectivity index (χ2v) is 3.16. The minimum Gasteiger partial charge on any atom is -0.492 e. The van der Waals surface area contributed by atoms with Crippen LogP contribution in [0.15, 0.2) is 24.3 Å². The Morgan fingerprint density at radius 1 is 1.53 bits per heavy atom. The van der Waals surface area contributed by atoms with Gasteiger partial charge in [-0.25, -0.2) is 4.79 Å². The van der Waals surface area contributed by atoms with E-state index < -0.39 is 12.3 Å². The lowest BCUT2D eigenvalue weighted by atomic mass is 10.2. The number of nitrogens with one attached hydrogen (secondary N) is 1. The lowest BCUT2D eigenvalue weighted by molar-refractivity contribution is 0.0877. The number of hydrogen-bond donors (Lipinski definition) is 2. The molecule has 5 nitrogen and oxygen atoms in total. The Kier molecular flexibility index (Phi) is 2.73. The van der Waals surface area contributed by atoms with Crippen LogP contribution in [0.4, 0.5) is 4.79 Å². The number of carbonyl (C=O) groups is 1. The van der Waals surface area contributed by atoms with Crippen molar-refractivity contribution in [3.05, 3.63) is 29.8 Å². The molecule has 1 heterocycles. The molecule has 0 bridgehead atoms. The molecule has 1 atom stereocenters. The summed E-state index contributed by atoms with van der Waals surface area (Å²) in [6, 6.07) is 7.39. The maximum absolute atomic E-state index is 10.7. The zero-order chi connectivity index (χ0) is 10.7. The lowest BCUT2D eigenvalue weighted by Crippen LogP contribution is -2.29. The molecule has 2 rings (SSSR count). The Morgan fingerprint density at radius 2 is 2.33 bits per heavy atom. The summed E-state index contributed by atoms with van der Waals surface area (Å²) in [5.41, 5.74) is 5.78. The van der Waals surface area contributed by atoms with Crippen molar-refractivity contribution >= 4 is 6.09 Å². The van der Waals surface area contributed by atoms with Crippen LogP contribution in [0.25, 0.3) is 0 Å². The van der Waals surface area contributed by atoms with Gasteiger partial charge in [0.2, 0.25) is 0 Å². The fourth-order valence-electron chi connectivity index (χ4n) is 1.51. The van der Waals surface area contributed by atoms with Crippen LogP contribution >= 0.6 is 0 Å². The molecule has 80 valence electrons. The number of ether oxygens (including phenoxy) is 2. The van der Waals surface area contributed by atoms with Crippen molar-refractivity contribution in [1.82, 2.24) is 5.32 Å². The molecule has 15 heavy (non-hydrogen) atoms. The molecule has 5 heteroatoms. The fourth-order valence-corrected chi connectivity index (χ4v) is 1.51. The van der Waals surface area contributed by atoms with Gasteiger partial charge in [-0.05, 0) is 6.07 Å². The summed E-state index contributed by atoms with van der Waals surface area (Å²) in [6.07, 6.45) is -1.33. The number of nitrogens with two attached hydrogens (primary N) is 1. The molecule has 0 spiro atoms. The summed E-state index contributed by atoms with van der Waals surface area (Å²) in [6.45, 7) is 1.14. The first-order valence-corrected chi connectivity index (χ1v) is 4.68. The van der Waals surface area contributed by atoms with Gasteiger partial charge in [-0.2, -0.15) is 0 Å². The van der Waals surface area contributed by atoms with E-state index in [9.17, 15) is 4.79 Å². The number of rotatable bonds is 1. The number of carbonyl (C=O) groups excluding carboxylic acids is 1. The first-order valence-electron chi connectivity index (χ1n) is 4.68. The quantitative estimate of drug-likeness (QED) is 0.714. The number of benzene rings is 1. The van der Waals surface area contributed by atoms with E-state index >= 15 is 0 Å². The van der Waals surface area contributed by atoms with Gasteiger partial charge in [0.05, 0.1) is 0 Å². The summed E-state index contributed by atoms with van der Waals surface area (Å²) in [4.78, 5) is 10.7. The van der Waals surface area contributed by atoms with E-state index in [1.165, 1.54) is 0 Å². The van der Waals surface area contributed by atoms with Crippen LogP contribution in [-0.4, -0.2) is 19.2 Å². The van der Waals surface area contributed by atoms with Gasteiger partial charge in [-0.3, -0.25) is 5.32 Å². The molecule has 1 aromatic carbocycles. The third-order valence-electron chi connectivity index (χ3n) is 2.12. The summed E-state index contributed by atoms with van der Waals surface area (Å²) in [7, 11) is 0. The normalized spacial score (nSPS) is 19.6. The SMILES string of the molecule is NC(=O)OC1NCCOc2ccccc21. The van der Waals surface area contributed by atoms with Gasteiger partial charge < -0.3 is 15.2 Å². The Morgan fingerprint density at radius 3 is 3.13 bits per heavy atom. The molecular formula is C10H12N2O3. The van der Waals surface area contributed by atoms with Crippen LogP contribution in [0, 0.1) is 0 Å². The minimum absolute atomic E-state index is 0.527. The van der Waals surface area contributed by atoms with E-state index in [0.29, 0.717) is 18.9 Å². The molecule has 0 aromatic heterocycles. The largest absolute Gasteiger partial charge is 0.492 e. The molecular weight excluding hydrogens is 196 g/mol. The molecule has 0 radical (unpaired) electrons. The van der Waals surface area contributed by atoms with Gasteiger partial charge in [-0.1, -0.05) is 18.2 Å². The Bertz CT molecular complexity index is 367. The van der Waals surface area contributed by atoms with Gasteiger partial charge in [0.25, 0.3) is 0 Å². The van der Waals surface area contributed by atoms with Gasteiger partial charge in [-0.15, -0.1) is 0 Å². The standard InChI is InChI=1S/C10H12N2O3/c11-10(13)15-9-7-3-1-2-4-8(7)14-6-5-12-9/h1-4,9,12H,5-6H2,(H2,11,13). The third kappa shape index (κ3) is 2.19. The van der Waals surface area contributed by atoms with Gasteiger partial charge in [0, 0.05) is 12.1 Å². The van der Waals surface area contributed by atoms with E-state index in [0.717, 1.165) is 5.56 Å². The molecule has 1 aliphatic rings. The van der Waals surface area contributed by atoms with Crippen LogP contribution in [0.5, 0.6) is 5.75 Å². The molecule has 1 amide bonds. The Hall–Kier alpha value is -1.75. The Labute approximate surface area is 87.2 Å². The van der Waals surface area contributed by atoms with Crippen molar-refractivity contribution in [3.8, 4) is 5.75 Å². The van der Waals surface area contributed by atoms with Crippen LogP contribution in [-0.2, 0) is 4.74 Å². The average molecular weight is 208 g/mol. The topological polar surface area (TPSA) is 73.6 Å². The molecule has 1 unspecified atom stereocenters. The van der Waals surface area contributed by atoms with Gasteiger partial charge in [0.15, 0.2) is 6.23 Å². The second kappa shape index (κ2) is 4.18. The summed E-state index contributed by atoms with van der Waals surface area (Å²) in [5.74, 6) is 0.716.